The highest BCUT2D eigenvalue weighted by atomic mass is 32.2. The zero-order valence-electron chi connectivity index (χ0n) is 13.5. The summed E-state index contributed by atoms with van der Waals surface area (Å²) in [5.41, 5.74) is 0.510. The largest absolute Gasteiger partial charge is 0.455 e. The molecular weight excluding hydrogens is 342 g/mol. The summed E-state index contributed by atoms with van der Waals surface area (Å²) in [4.78, 5) is 13.9. The molecule has 1 fully saturated rings. The molecule has 0 aliphatic carbocycles. The Balaban J connectivity index is 1.70. The lowest BCUT2D eigenvalue weighted by molar-refractivity contribution is 0.222. The number of anilines is 1. The fourth-order valence-corrected chi connectivity index (χ4v) is 3.47. The van der Waals surface area contributed by atoms with E-state index in [2.05, 4.69) is 5.32 Å². The number of sulfonamides is 1. The van der Waals surface area contributed by atoms with Gasteiger partial charge >= 0.3 is 6.03 Å². The number of carbonyl (C=O) groups is 1. The van der Waals surface area contributed by atoms with E-state index in [1.54, 1.807) is 24.3 Å². The second kappa shape index (κ2) is 7.12. The van der Waals surface area contributed by atoms with Crippen LogP contribution in [0.3, 0.4) is 0 Å². The fraction of sp³-hybridized carbons (Fsp3) is 0.235. The van der Waals surface area contributed by atoms with Crippen molar-refractivity contribution in [3.8, 4) is 11.5 Å². The van der Waals surface area contributed by atoms with E-state index in [1.165, 1.54) is 4.90 Å². The van der Waals surface area contributed by atoms with E-state index in [1.807, 2.05) is 30.3 Å². The summed E-state index contributed by atoms with van der Waals surface area (Å²) in [6, 6.07) is 15.9. The van der Waals surface area contributed by atoms with Crippen LogP contribution in [-0.4, -0.2) is 37.7 Å². The Morgan fingerprint density at radius 3 is 2.48 bits per heavy atom. The molecule has 0 spiro atoms. The Kier molecular flexibility index (Phi) is 4.91. The Labute approximate surface area is 146 Å². The maximum atomic E-state index is 12.4. The number of primary sulfonamides is 1. The Morgan fingerprint density at radius 1 is 1.12 bits per heavy atom. The molecule has 7 nitrogen and oxygen atoms in total. The highest BCUT2D eigenvalue weighted by Gasteiger charge is 2.33. The summed E-state index contributed by atoms with van der Waals surface area (Å²) in [6.45, 7) is 0.432. The lowest BCUT2D eigenvalue weighted by atomic mass is 10.3. The van der Waals surface area contributed by atoms with Crippen molar-refractivity contribution in [1.82, 2.24) is 4.90 Å². The number of carbonyl (C=O) groups excluding carboxylic acids is 1. The van der Waals surface area contributed by atoms with E-state index in [9.17, 15) is 13.2 Å². The summed E-state index contributed by atoms with van der Waals surface area (Å²) < 4.78 is 28.6. The first kappa shape index (κ1) is 17.2. The van der Waals surface area contributed by atoms with Crippen molar-refractivity contribution >= 4 is 21.7 Å². The molecule has 1 heterocycles. The molecule has 1 saturated heterocycles. The van der Waals surface area contributed by atoms with Crippen LogP contribution in [0.2, 0.25) is 0 Å². The van der Waals surface area contributed by atoms with Gasteiger partial charge in [-0.3, -0.25) is 0 Å². The molecule has 25 heavy (non-hydrogen) atoms. The molecule has 2 aromatic rings. The van der Waals surface area contributed by atoms with Crippen LogP contribution in [0, 0.1) is 0 Å². The number of nitrogens with one attached hydrogen (secondary N) is 1. The molecule has 1 aliphatic rings. The van der Waals surface area contributed by atoms with Crippen molar-refractivity contribution in [3.05, 3.63) is 54.6 Å². The number of amides is 2. The number of hydrogen-bond acceptors (Lipinski definition) is 4. The number of urea groups is 1. The SMILES string of the molecule is NS(=O)(=O)[C@H]1CCN(C(=O)Nc2ccccc2Oc2ccccc2)C1. The highest BCUT2D eigenvalue weighted by molar-refractivity contribution is 7.89. The zero-order chi connectivity index (χ0) is 17.9. The maximum Gasteiger partial charge on any atom is 0.321 e. The summed E-state index contributed by atoms with van der Waals surface area (Å²) in [5.74, 6) is 1.16. The van der Waals surface area contributed by atoms with E-state index < -0.39 is 15.3 Å². The van der Waals surface area contributed by atoms with Crippen molar-refractivity contribution in [3.63, 3.8) is 0 Å². The second-order valence-electron chi connectivity index (χ2n) is 5.79. The quantitative estimate of drug-likeness (QED) is 0.873. The van der Waals surface area contributed by atoms with Gasteiger partial charge in [0, 0.05) is 13.1 Å². The van der Waals surface area contributed by atoms with Gasteiger partial charge in [-0.1, -0.05) is 30.3 Å². The van der Waals surface area contributed by atoms with Crippen molar-refractivity contribution in [2.24, 2.45) is 5.14 Å². The van der Waals surface area contributed by atoms with Gasteiger partial charge in [-0.05, 0) is 30.7 Å². The van der Waals surface area contributed by atoms with Gasteiger partial charge in [-0.15, -0.1) is 0 Å². The standard InChI is InChI=1S/C17H19N3O4S/c18-25(22,23)14-10-11-20(12-14)17(21)19-15-8-4-5-9-16(15)24-13-6-2-1-3-7-13/h1-9,14H,10-12H2,(H,19,21)(H2,18,22,23)/t14-/m0/s1. The first-order chi connectivity index (χ1) is 11.9. The van der Waals surface area contributed by atoms with Crippen LogP contribution in [0.5, 0.6) is 11.5 Å². The molecule has 3 rings (SSSR count). The summed E-state index contributed by atoms with van der Waals surface area (Å²) in [5, 5.41) is 7.22. The molecule has 2 aromatic carbocycles. The van der Waals surface area contributed by atoms with E-state index in [4.69, 9.17) is 9.88 Å². The first-order valence-electron chi connectivity index (χ1n) is 7.83. The van der Waals surface area contributed by atoms with E-state index >= 15 is 0 Å². The van der Waals surface area contributed by atoms with Gasteiger partial charge in [-0.25, -0.2) is 18.4 Å². The molecule has 0 aromatic heterocycles. The lowest BCUT2D eigenvalue weighted by Crippen LogP contribution is -2.36. The van der Waals surface area contributed by atoms with Gasteiger partial charge < -0.3 is 15.0 Å². The van der Waals surface area contributed by atoms with Gasteiger partial charge in [0.25, 0.3) is 0 Å². The summed E-state index contributed by atoms with van der Waals surface area (Å²) in [6.07, 6.45) is 0.342. The fourth-order valence-electron chi connectivity index (χ4n) is 2.65. The van der Waals surface area contributed by atoms with E-state index in [0.717, 1.165) is 0 Å². The first-order valence-corrected chi connectivity index (χ1v) is 9.44. The second-order valence-corrected chi connectivity index (χ2v) is 7.63. The number of rotatable bonds is 4. The topological polar surface area (TPSA) is 102 Å². The maximum absolute atomic E-state index is 12.4. The number of likely N-dealkylation sites (tertiary alicyclic amines) is 1. The highest BCUT2D eigenvalue weighted by Crippen LogP contribution is 2.29. The van der Waals surface area contributed by atoms with Gasteiger partial charge in [0.15, 0.2) is 5.75 Å². The summed E-state index contributed by atoms with van der Waals surface area (Å²) >= 11 is 0. The third kappa shape index (κ3) is 4.28. The number of benzene rings is 2. The average molecular weight is 361 g/mol. The van der Waals surface area contributed by atoms with Crippen molar-refractivity contribution in [1.29, 1.82) is 0 Å². The van der Waals surface area contributed by atoms with Crippen LogP contribution in [0.15, 0.2) is 54.6 Å². The molecule has 0 saturated carbocycles. The number of hydrogen-bond donors (Lipinski definition) is 2. The average Bonchev–Trinajstić information content (AvgIpc) is 3.08. The molecule has 3 N–H and O–H groups in total. The third-order valence-electron chi connectivity index (χ3n) is 4.00. The van der Waals surface area contributed by atoms with Crippen LogP contribution < -0.4 is 15.2 Å². The normalized spacial score (nSPS) is 17.3. The lowest BCUT2D eigenvalue weighted by Gasteiger charge is -2.18. The number of nitrogens with two attached hydrogens (primary N) is 1. The Bertz CT molecular complexity index is 855. The van der Waals surface area contributed by atoms with Crippen LogP contribution in [0.25, 0.3) is 0 Å². The van der Waals surface area contributed by atoms with E-state index in [0.29, 0.717) is 30.2 Å². The molecular formula is C17H19N3O4S. The van der Waals surface area contributed by atoms with Crippen molar-refractivity contribution < 1.29 is 17.9 Å². The van der Waals surface area contributed by atoms with Gasteiger partial charge in [0.1, 0.15) is 5.75 Å². The van der Waals surface area contributed by atoms with Gasteiger partial charge in [0.2, 0.25) is 10.0 Å². The van der Waals surface area contributed by atoms with Crippen LogP contribution in [0.4, 0.5) is 10.5 Å². The van der Waals surface area contributed by atoms with Crippen LogP contribution in [0.1, 0.15) is 6.42 Å². The molecule has 132 valence electrons. The minimum absolute atomic E-state index is 0.0897. The van der Waals surface area contributed by atoms with Crippen molar-refractivity contribution in [2.45, 2.75) is 11.7 Å². The molecule has 0 bridgehead atoms. The molecule has 0 radical (unpaired) electrons. The number of para-hydroxylation sites is 3. The predicted octanol–water partition coefficient (Wildman–Crippen LogP) is 2.37. The number of nitrogens with zero attached hydrogens (tertiary/aromatic N) is 1. The zero-order valence-corrected chi connectivity index (χ0v) is 14.3. The minimum Gasteiger partial charge on any atom is -0.455 e. The molecule has 0 unspecified atom stereocenters. The van der Waals surface area contributed by atoms with E-state index in [-0.39, 0.29) is 12.6 Å². The monoisotopic (exact) mass is 361 g/mol. The smallest absolute Gasteiger partial charge is 0.321 e. The Hall–Kier alpha value is -2.58. The summed E-state index contributed by atoms with van der Waals surface area (Å²) in [7, 11) is -3.64. The van der Waals surface area contributed by atoms with Crippen LogP contribution in [-0.2, 0) is 10.0 Å². The third-order valence-corrected chi connectivity index (χ3v) is 5.31. The van der Waals surface area contributed by atoms with Crippen molar-refractivity contribution in [2.75, 3.05) is 18.4 Å². The van der Waals surface area contributed by atoms with Crippen LogP contribution >= 0.6 is 0 Å². The predicted molar refractivity (Wildman–Crippen MR) is 95.1 cm³/mol. The molecule has 1 atom stereocenters. The minimum atomic E-state index is -3.64. The molecule has 1 aliphatic heterocycles. The molecule has 8 heteroatoms. The number of ether oxygens (including phenoxy) is 1. The Morgan fingerprint density at radius 2 is 1.80 bits per heavy atom. The van der Waals surface area contributed by atoms with Gasteiger partial charge in [-0.2, -0.15) is 0 Å². The molecule has 2 amide bonds. The van der Waals surface area contributed by atoms with Gasteiger partial charge in [0.05, 0.1) is 10.9 Å².